The van der Waals surface area contributed by atoms with Gasteiger partial charge in [0.15, 0.2) is 0 Å². The molecule has 0 amide bonds. The Kier molecular flexibility index (Phi) is 3.95. The van der Waals surface area contributed by atoms with Crippen LogP contribution in [0.4, 0.5) is 0 Å². The summed E-state index contributed by atoms with van der Waals surface area (Å²) in [5.41, 5.74) is 1.63. The monoisotopic (exact) mass is 266 g/mol. The standard InChI is InChI=1S/C14H18O5/c1-8-5-9-6-13(18-2)10(7-12(9)19-8)11(15)3-4-14(16)17/h6-8,11,15H,3-5H2,1-2H3,(H,16,17). The van der Waals surface area contributed by atoms with Crippen molar-refractivity contribution in [1.82, 2.24) is 0 Å². The molecule has 2 N–H and O–H groups in total. The first-order valence-corrected chi connectivity index (χ1v) is 6.28. The van der Waals surface area contributed by atoms with Gasteiger partial charge in [-0.3, -0.25) is 4.79 Å². The first-order valence-electron chi connectivity index (χ1n) is 6.28. The Balaban J connectivity index is 2.24. The number of carbonyl (C=O) groups is 1. The zero-order valence-electron chi connectivity index (χ0n) is 11.0. The molecule has 19 heavy (non-hydrogen) atoms. The number of aliphatic hydroxyl groups excluding tert-OH is 1. The van der Waals surface area contributed by atoms with Crippen LogP contribution in [0, 0.1) is 0 Å². The van der Waals surface area contributed by atoms with E-state index in [0.717, 1.165) is 17.7 Å². The summed E-state index contributed by atoms with van der Waals surface area (Å²) >= 11 is 0. The maximum atomic E-state index is 10.6. The zero-order valence-corrected chi connectivity index (χ0v) is 11.0. The maximum Gasteiger partial charge on any atom is 0.303 e. The van der Waals surface area contributed by atoms with Crippen LogP contribution in [0.3, 0.4) is 0 Å². The van der Waals surface area contributed by atoms with Gasteiger partial charge in [-0.25, -0.2) is 0 Å². The van der Waals surface area contributed by atoms with Gasteiger partial charge in [0, 0.05) is 24.0 Å². The second-order valence-electron chi connectivity index (χ2n) is 4.78. The average molecular weight is 266 g/mol. The van der Waals surface area contributed by atoms with Crippen molar-refractivity contribution in [1.29, 1.82) is 0 Å². The Morgan fingerprint density at radius 2 is 2.32 bits per heavy atom. The Morgan fingerprint density at radius 1 is 1.58 bits per heavy atom. The quantitative estimate of drug-likeness (QED) is 0.851. The van der Waals surface area contributed by atoms with Gasteiger partial charge >= 0.3 is 5.97 Å². The Hall–Kier alpha value is -1.75. The minimum Gasteiger partial charge on any atom is -0.496 e. The average Bonchev–Trinajstić information content (AvgIpc) is 2.73. The van der Waals surface area contributed by atoms with Crippen molar-refractivity contribution in [3.05, 3.63) is 23.3 Å². The van der Waals surface area contributed by atoms with E-state index in [9.17, 15) is 9.90 Å². The van der Waals surface area contributed by atoms with Crippen LogP contribution in [0.25, 0.3) is 0 Å². The maximum absolute atomic E-state index is 10.6. The highest BCUT2D eigenvalue weighted by molar-refractivity contribution is 5.66. The molecule has 5 nitrogen and oxygen atoms in total. The molecule has 0 aliphatic carbocycles. The molecule has 2 unspecified atom stereocenters. The molecule has 2 atom stereocenters. The predicted molar refractivity (Wildman–Crippen MR) is 68.6 cm³/mol. The topological polar surface area (TPSA) is 76.0 Å². The van der Waals surface area contributed by atoms with Gasteiger partial charge in [0.25, 0.3) is 0 Å². The van der Waals surface area contributed by atoms with Crippen LogP contribution < -0.4 is 9.47 Å². The third-order valence-electron chi connectivity index (χ3n) is 3.24. The molecule has 2 rings (SSSR count). The molecule has 0 spiro atoms. The molecule has 104 valence electrons. The molecule has 5 heteroatoms. The minimum absolute atomic E-state index is 0.0847. The first-order chi connectivity index (χ1) is 9.01. The highest BCUT2D eigenvalue weighted by Gasteiger charge is 2.24. The number of hydrogen-bond acceptors (Lipinski definition) is 4. The lowest BCUT2D eigenvalue weighted by Gasteiger charge is -2.15. The fourth-order valence-electron chi connectivity index (χ4n) is 2.31. The molecule has 0 radical (unpaired) electrons. The van der Waals surface area contributed by atoms with Gasteiger partial charge in [0.05, 0.1) is 13.2 Å². The van der Waals surface area contributed by atoms with Crippen molar-refractivity contribution in [2.24, 2.45) is 0 Å². The molecule has 1 heterocycles. The largest absolute Gasteiger partial charge is 0.496 e. The molecule has 0 saturated heterocycles. The molecule has 0 bridgehead atoms. The summed E-state index contributed by atoms with van der Waals surface area (Å²) in [5.74, 6) is 0.399. The number of ether oxygens (including phenoxy) is 2. The Labute approximate surface area is 111 Å². The zero-order chi connectivity index (χ0) is 14.0. The van der Waals surface area contributed by atoms with Crippen LogP contribution in [0.2, 0.25) is 0 Å². The number of benzene rings is 1. The van der Waals surface area contributed by atoms with E-state index in [2.05, 4.69) is 0 Å². The Bertz CT molecular complexity index is 483. The molecular formula is C14H18O5. The number of carboxylic acids is 1. The second-order valence-corrected chi connectivity index (χ2v) is 4.78. The van der Waals surface area contributed by atoms with Crippen LogP contribution >= 0.6 is 0 Å². The molecule has 0 aromatic heterocycles. The van der Waals surface area contributed by atoms with Gasteiger partial charge in [0.2, 0.25) is 0 Å². The van der Waals surface area contributed by atoms with E-state index in [1.54, 1.807) is 6.07 Å². The molecule has 0 saturated carbocycles. The number of aliphatic carboxylic acids is 1. The summed E-state index contributed by atoms with van der Waals surface area (Å²) in [4.78, 5) is 10.6. The number of methoxy groups -OCH3 is 1. The highest BCUT2D eigenvalue weighted by atomic mass is 16.5. The third-order valence-corrected chi connectivity index (χ3v) is 3.24. The molecular weight excluding hydrogens is 248 g/mol. The lowest BCUT2D eigenvalue weighted by molar-refractivity contribution is -0.137. The van der Waals surface area contributed by atoms with Crippen molar-refractivity contribution < 1.29 is 24.5 Å². The number of carboxylic acid groups (broad SMARTS) is 1. The van der Waals surface area contributed by atoms with Gasteiger partial charge in [-0.05, 0) is 25.5 Å². The number of fused-ring (bicyclic) bond motifs is 1. The Morgan fingerprint density at radius 3 is 2.95 bits per heavy atom. The van der Waals surface area contributed by atoms with Crippen LogP contribution in [0.5, 0.6) is 11.5 Å². The highest BCUT2D eigenvalue weighted by Crippen LogP contribution is 2.38. The molecule has 0 fully saturated rings. The van der Waals surface area contributed by atoms with E-state index < -0.39 is 12.1 Å². The smallest absolute Gasteiger partial charge is 0.303 e. The van der Waals surface area contributed by atoms with E-state index in [1.807, 2.05) is 13.0 Å². The van der Waals surface area contributed by atoms with Gasteiger partial charge in [-0.15, -0.1) is 0 Å². The van der Waals surface area contributed by atoms with E-state index in [1.165, 1.54) is 7.11 Å². The van der Waals surface area contributed by atoms with Gasteiger partial charge < -0.3 is 19.7 Å². The lowest BCUT2D eigenvalue weighted by Crippen LogP contribution is -2.05. The third kappa shape index (κ3) is 2.98. The summed E-state index contributed by atoms with van der Waals surface area (Å²) < 4.78 is 10.9. The van der Waals surface area contributed by atoms with Crippen molar-refractivity contribution in [2.75, 3.05) is 7.11 Å². The molecule has 1 aliphatic heterocycles. The molecule has 1 aromatic rings. The summed E-state index contributed by atoms with van der Waals surface area (Å²) in [6, 6.07) is 3.61. The second kappa shape index (κ2) is 5.48. The number of hydrogen-bond donors (Lipinski definition) is 2. The van der Waals surface area contributed by atoms with Crippen molar-refractivity contribution in [3.8, 4) is 11.5 Å². The van der Waals surface area contributed by atoms with Gasteiger partial charge in [-0.2, -0.15) is 0 Å². The number of aliphatic hydroxyl groups is 1. The van der Waals surface area contributed by atoms with Crippen LogP contribution in [0.1, 0.15) is 37.0 Å². The fourth-order valence-corrected chi connectivity index (χ4v) is 2.31. The van der Waals surface area contributed by atoms with E-state index in [4.69, 9.17) is 14.6 Å². The van der Waals surface area contributed by atoms with E-state index >= 15 is 0 Å². The predicted octanol–water partition coefficient (Wildman–Crippen LogP) is 1.92. The summed E-state index contributed by atoms with van der Waals surface area (Å²) in [6.45, 7) is 1.98. The summed E-state index contributed by atoms with van der Waals surface area (Å²) in [5, 5.41) is 18.7. The van der Waals surface area contributed by atoms with Crippen molar-refractivity contribution in [3.63, 3.8) is 0 Å². The molecule has 1 aliphatic rings. The minimum atomic E-state index is -0.927. The summed E-state index contributed by atoms with van der Waals surface area (Å²) in [6.07, 6.45) is 0.137. The lowest BCUT2D eigenvalue weighted by atomic mass is 10.00. The molecule has 1 aromatic carbocycles. The first kappa shape index (κ1) is 13.7. The van der Waals surface area contributed by atoms with Crippen molar-refractivity contribution in [2.45, 2.75) is 38.4 Å². The van der Waals surface area contributed by atoms with Crippen molar-refractivity contribution >= 4 is 5.97 Å². The van der Waals surface area contributed by atoms with E-state index in [0.29, 0.717) is 11.3 Å². The number of rotatable bonds is 5. The normalized spacial score (nSPS) is 18.6. The van der Waals surface area contributed by atoms with Gasteiger partial charge in [-0.1, -0.05) is 0 Å². The van der Waals surface area contributed by atoms with Gasteiger partial charge in [0.1, 0.15) is 17.6 Å². The summed E-state index contributed by atoms with van der Waals surface area (Å²) in [7, 11) is 1.54. The van der Waals surface area contributed by atoms with Crippen LogP contribution in [-0.2, 0) is 11.2 Å². The van der Waals surface area contributed by atoms with Crippen LogP contribution in [0.15, 0.2) is 12.1 Å². The SMILES string of the molecule is COc1cc2c(cc1C(O)CCC(=O)O)OC(C)C2. The van der Waals surface area contributed by atoms with E-state index in [-0.39, 0.29) is 18.9 Å². The van der Waals surface area contributed by atoms with Crippen LogP contribution in [-0.4, -0.2) is 29.4 Å². The fraction of sp³-hybridized carbons (Fsp3) is 0.500.